The molecule has 0 amide bonds. The second kappa shape index (κ2) is 9.91. The number of rotatable bonds is 8. The normalized spacial score (nSPS) is 12.4. The molecule has 1 unspecified atom stereocenters. The maximum absolute atomic E-state index is 8.53. The molecule has 0 rings (SSSR count). The van der Waals surface area contributed by atoms with Crippen LogP contribution in [-0.4, -0.2) is 35.8 Å². The summed E-state index contributed by atoms with van der Waals surface area (Å²) < 4.78 is 0. The minimum atomic E-state index is 0.221. The summed E-state index contributed by atoms with van der Waals surface area (Å²) in [5, 5.41) is 11.8. The third-order valence-corrected chi connectivity index (χ3v) is 2.76. The van der Waals surface area contributed by atoms with E-state index >= 15 is 0 Å². The van der Waals surface area contributed by atoms with E-state index in [2.05, 4.69) is 18.2 Å². The maximum Gasteiger partial charge on any atom is 0.0684 e. The summed E-state index contributed by atoms with van der Waals surface area (Å²) in [6.07, 6.45) is 7.16. The second-order valence-electron chi connectivity index (χ2n) is 2.77. The molecule has 1 atom stereocenters. The number of thioether (sulfide) groups is 1. The molecule has 3 heteroatoms. The molecule has 0 aromatic rings. The van der Waals surface area contributed by atoms with Crippen molar-refractivity contribution in [3.8, 4) is 12.3 Å². The van der Waals surface area contributed by atoms with E-state index in [1.807, 2.05) is 11.8 Å². The van der Waals surface area contributed by atoms with Crippen LogP contribution in [0.1, 0.15) is 19.8 Å². The molecule has 0 aromatic heterocycles. The Labute approximate surface area is 85.5 Å². The number of hydrogen-bond acceptors (Lipinski definition) is 3. The molecule has 0 fully saturated rings. The molecular weight excluding hydrogens is 182 g/mol. The van der Waals surface area contributed by atoms with Gasteiger partial charge in [0.1, 0.15) is 0 Å². The van der Waals surface area contributed by atoms with Crippen molar-refractivity contribution in [2.75, 3.05) is 24.7 Å². The lowest BCUT2D eigenvalue weighted by atomic mass is 10.2. The second-order valence-corrected chi connectivity index (χ2v) is 4.00. The summed E-state index contributed by atoms with van der Waals surface area (Å²) in [4.78, 5) is 0. The number of terminal acetylenes is 1. The first kappa shape index (κ1) is 12.8. The highest BCUT2D eigenvalue weighted by atomic mass is 32.2. The van der Waals surface area contributed by atoms with E-state index in [4.69, 9.17) is 11.5 Å². The van der Waals surface area contributed by atoms with E-state index in [-0.39, 0.29) is 6.04 Å². The molecule has 2 N–H and O–H groups in total. The van der Waals surface area contributed by atoms with Crippen LogP contribution in [0.2, 0.25) is 0 Å². The first-order chi connectivity index (χ1) is 6.35. The minimum Gasteiger partial charge on any atom is -0.396 e. The first-order valence-electron chi connectivity index (χ1n) is 4.73. The van der Waals surface area contributed by atoms with Crippen LogP contribution >= 0.6 is 11.8 Å². The van der Waals surface area contributed by atoms with Crippen LogP contribution in [0.15, 0.2) is 0 Å². The van der Waals surface area contributed by atoms with E-state index in [1.165, 1.54) is 0 Å². The van der Waals surface area contributed by atoms with Gasteiger partial charge in [0.2, 0.25) is 0 Å². The first-order valence-corrected chi connectivity index (χ1v) is 5.88. The molecule has 0 spiro atoms. The van der Waals surface area contributed by atoms with Crippen molar-refractivity contribution in [1.82, 2.24) is 5.32 Å². The molecule has 0 aliphatic heterocycles. The van der Waals surface area contributed by atoms with Gasteiger partial charge in [-0.1, -0.05) is 12.8 Å². The number of aliphatic hydroxyl groups excluding tert-OH is 1. The predicted octanol–water partition coefficient (Wildman–Crippen LogP) is 1.10. The molecule has 0 aromatic carbocycles. The molecule has 0 saturated heterocycles. The van der Waals surface area contributed by atoms with Gasteiger partial charge in [-0.15, -0.1) is 6.42 Å². The Morgan fingerprint density at radius 1 is 1.54 bits per heavy atom. The fourth-order valence-electron chi connectivity index (χ4n) is 0.895. The molecule has 2 nitrogen and oxygen atoms in total. The van der Waals surface area contributed by atoms with E-state index in [9.17, 15) is 0 Å². The van der Waals surface area contributed by atoms with E-state index in [1.54, 1.807) is 0 Å². The molecule has 0 heterocycles. The minimum absolute atomic E-state index is 0.221. The zero-order valence-electron chi connectivity index (χ0n) is 8.25. The molecule has 0 radical (unpaired) electrons. The van der Waals surface area contributed by atoms with Gasteiger partial charge in [0.25, 0.3) is 0 Å². The Bertz CT molecular complexity index is 144. The molecular formula is C10H19NOS. The third-order valence-electron chi connectivity index (χ3n) is 1.69. The summed E-state index contributed by atoms with van der Waals surface area (Å²) in [5.41, 5.74) is 0. The van der Waals surface area contributed by atoms with Crippen LogP contribution in [-0.2, 0) is 0 Å². The number of hydrogen-bond donors (Lipinski definition) is 2. The quantitative estimate of drug-likeness (QED) is 0.456. The summed E-state index contributed by atoms with van der Waals surface area (Å²) in [7, 11) is 0. The van der Waals surface area contributed by atoms with Gasteiger partial charge in [0, 0.05) is 18.9 Å². The molecule has 0 aliphatic carbocycles. The van der Waals surface area contributed by atoms with Gasteiger partial charge in [0.15, 0.2) is 0 Å². The average Bonchev–Trinajstić information content (AvgIpc) is 2.17. The Hall–Kier alpha value is -0.170. The van der Waals surface area contributed by atoms with Crippen LogP contribution in [0.25, 0.3) is 0 Å². The summed E-state index contributed by atoms with van der Waals surface area (Å²) >= 11 is 1.85. The smallest absolute Gasteiger partial charge is 0.0684 e. The lowest BCUT2D eigenvalue weighted by Gasteiger charge is -2.09. The van der Waals surface area contributed by atoms with Crippen molar-refractivity contribution >= 4 is 11.8 Å². The molecule has 13 heavy (non-hydrogen) atoms. The lowest BCUT2D eigenvalue weighted by Crippen LogP contribution is -2.28. The Morgan fingerprint density at radius 3 is 2.85 bits per heavy atom. The Morgan fingerprint density at radius 2 is 2.31 bits per heavy atom. The number of nitrogens with one attached hydrogen (secondary N) is 1. The van der Waals surface area contributed by atoms with E-state index < -0.39 is 0 Å². The van der Waals surface area contributed by atoms with Crippen LogP contribution in [0.4, 0.5) is 0 Å². The maximum atomic E-state index is 8.53. The average molecular weight is 201 g/mol. The summed E-state index contributed by atoms with van der Waals surface area (Å²) in [5.74, 6) is 4.79. The van der Waals surface area contributed by atoms with Crippen molar-refractivity contribution in [3.63, 3.8) is 0 Å². The van der Waals surface area contributed by atoms with Crippen molar-refractivity contribution in [2.45, 2.75) is 25.8 Å². The fourth-order valence-corrected chi connectivity index (χ4v) is 1.69. The van der Waals surface area contributed by atoms with Gasteiger partial charge in [0.05, 0.1) is 6.04 Å². The predicted molar refractivity (Wildman–Crippen MR) is 59.9 cm³/mol. The molecule has 0 aliphatic rings. The van der Waals surface area contributed by atoms with Gasteiger partial charge in [-0.25, -0.2) is 0 Å². The van der Waals surface area contributed by atoms with Crippen molar-refractivity contribution in [3.05, 3.63) is 0 Å². The van der Waals surface area contributed by atoms with Crippen molar-refractivity contribution in [2.24, 2.45) is 0 Å². The van der Waals surface area contributed by atoms with Gasteiger partial charge in [-0.2, -0.15) is 11.8 Å². The Kier molecular flexibility index (Phi) is 9.78. The zero-order chi connectivity index (χ0) is 9.94. The highest BCUT2D eigenvalue weighted by molar-refractivity contribution is 7.99. The van der Waals surface area contributed by atoms with Crippen LogP contribution in [0.3, 0.4) is 0 Å². The number of aliphatic hydroxyl groups is 1. The summed E-state index contributed by atoms with van der Waals surface area (Å²) in [6.45, 7) is 3.33. The Balaban J connectivity index is 3.11. The van der Waals surface area contributed by atoms with E-state index in [0.29, 0.717) is 6.61 Å². The summed E-state index contributed by atoms with van der Waals surface area (Å²) in [6, 6.07) is 0.221. The topological polar surface area (TPSA) is 32.3 Å². The van der Waals surface area contributed by atoms with Gasteiger partial charge in [-0.3, -0.25) is 0 Å². The van der Waals surface area contributed by atoms with Gasteiger partial charge < -0.3 is 10.4 Å². The molecule has 76 valence electrons. The monoisotopic (exact) mass is 201 g/mol. The zero-order valence-corrected chi connectivity index (χ0v) is 9.07. The van der Waals surface area contributed by atoms with Crippen LogP contribution < -0.4 is 5.32 Å². The highest BCUT2D eigenvalue weighted by Gasteiger charge is 1.98. The van der Waals surface area contributed by atoms with Crippen molar-refractivity contribution < 1.29 is 5.11 Å². The largest absolute Gasteiger partial charge is 0.396 e. The third kappa shape index (κ3) is 8.17. The lowest BCUT2D eigenvalue weighted by molar-refractivity contribution is 0.296. The standard InChI is InChI=1S/C10H19NOS/c1-3-10(4-2)11-6-9-13-8-5-7-12/h1,10-12H,4-9H2,2H3. The van der Waals surface area contributed by atoms with E-state index in [0.717, 1.165) is 30.9 Å². The SMILES string of the molecule is C#CC(CC)NCCSCCCO. The highest BCUT2D eigenvalue weighted by Crippen LogP contribution is 2.00. The molecule has 0 bridgehead atoms. The fraction of sp³-hybridized carbons (Fsp3) is 0.800. The van der Waals surface area contributed by atoms with Gasteiger partial charge >= 0.3 is 0 Å². The molecule has 0 saturated carbocycles. The van der Waals surface area contributed by atoms with Crippen LogP contribution in [0, 0.1) is 12.3 Å². The van der Waals surface area contributed by atoms with Crippen LogP contribution in [0.5, 0.6) is 0 Å². The van der Waals surface area contributed by atoms with Gasteiger partial charge in [-0.05, 0) is 18.6 Å². The van der Waals surface area contributed by atoms with Crippen molar-refractivity contribution in [1.29, 1.82) is 0 Å².